The molecule has 0 aliphatic heterocycles. The Balaban J connectivity index is 1.99. The summed E-state index contributed by atoms with van der Waals surface area (Å²) >= 11 is 3.49. The summed E-state index contributed by atoms with van der Waals surface area (Å²) in [5.74, 6) is 1.53. The third-order valence-corrected chi connectivity index (χ3v) is 4.46. The zero-order chi connectivity index (χ0) is 14.3. The minimum Gasteiger partial charge on any atom is -0.398 e. The van der Waals surface area contributed by atoms with E-state index in [1.165, 1.54) is 19.3 Å². The van der Waals surface area contributed by atoms with Crippen LogP contribution in [0.4, 0.5) is 5.69 Å². The van der Waals surface area contributed by atoms with E-state index in [2.05, 4.69) is 38.4 Å². The van der Waals surface area contributed by atoms with Crippen LogP contribution in [-0.2, 0) is 0 Å². The van der Waals surface area contributed by atoms with Crippen LogP contribution in [0, 0.1) is 12.8 Å². The van der Waals surface area contributed by atoms with Crippen molar-refractivity contribution in [1.82, 2.24) is 20.2 Å². The Bertz CT molecular complexity index is 636. The largest absolute Gasteiger partial charge is 0.398 e. The molecular weight excluding hydrogens is 318 g/mol. The number of tetrazole rings is 1. The zero-order valence-corrected chi connectivity index (χ0v) is 13.3. The lowest BCUT2D eigenvalue weighted by molar-refractivity contribution is 0.548. The van der Waals surface area contributed by atoms with Gasteiger partial charge in [-0.3, -0.25) is 0 Å². The third-order valence-electron chi connectivity index (χ3n) is 4.01. The molecule has 1 fully saturated rings. The fraction of sp³-hybridized carbons (Fsp3) is 0.500. The summed E-state index contributed by atoms with van der Waals surface area (Å²) in [6.07, 6.45) is 3.62. The van der Waals surface area contributed by atoms with Gasteiger partial charge >= 0.3 is 0 Å². The molecule has 5 nitrogen and oxygen atoms in total. The number of nitrogen functional groups attached to an aromatic ring is 1. The van der Waals surface area contributed by atoms with Gasteiger partial charge in [0.15, 0.2) is 5.82 Å². The maximum absolute atomic E-state index is 6.04. The molecule has 2 N–H and O–H groups in total. The lowest BCUT2D eigenvalue weighted by Gasteiger charge is -2.10. The molecule has 1 saturated carbocycles. The highest BCUT2D eigenvalue weighted by molar-refractivity contribution is 9.10. The SMILES string of the molecule is CCCC1CC1n1nnnc1-c1cc(Br)cc(N)c1C. The van der Waals surface area contributed by atoms with E-state index >= 15 is 0 Å². The van der Waals surface area contributed by atoms with Crippen molar-refractivity contribution in [2.24, 2.45) is 5.92 Å². The summed E-state index contributed by atoms with van der Waals surface area (Å²) < 4.78 is 2.92. The van der Waals surface area contributed by atoms with Crippen LogP contribution in [0.1, 0.15) is 37.8 Å². The first-order chi connectivity index (χ1) is 9.61. The van der Waals surface area contributed by atoms with E-state index in [1.54, 1.807) is 0 Å². The van der Waals surface area contributed by atoms with Gasteiger partial charge in [0.25, 0.3) is 0 Å². The van der Waals surface area contributed by atoms with Crippen LogP contribution in [0.25, 0.3) is 11.4 Å². The Morgan fingerprint density at radius 2 is 2.25 bits per heavy atom. The molecule has 0 saturated heterocycles. The minimum atomic E-state index is 0.444. The number of anilines is 1. The van der Waals surface area contributed by atoms with Gasteiger partial charge in [-0.05, 0) is 53.8 Å². The van der Waals surface area contributed by atoms with Crippen molar-refractivity contribution in [1.29, 1.82) is 0 Å². The fourth-order valence-corrected chi connectivity index (χ4v) is 3.21. The highest BCUT2D eigenvalue weighted by Gasteiger charge is 2.40. The third kappa shape index (κ3) is 2.32. The molecular formula is C14H18BrN5. The van der Waals surface area contributed by atoms with Crippen molar-refractivity contribution in [2.45, 2.75) is 39.2 Å². The van der Waals surface area contributed by atoms with Crippen LogP contribution in [0.5, 0.6) is 0 Å². The van der Waals surface area contributed by atoms with Crippen LogP contribution in [0.15, 0.2) is 16.6 Å². The molecule has 1 heterocycles. The predicted octanol–water partition coefficient (Wildman–Crippen LogP) is 3.35. The quantitative estimate of drug-likeness (QED) is 0.869. The average Bonchev–Trinajstić information content (AvgIpc) is 3.00. The molecule has 2 aromatic rings. The second-order valence-electron chi connectivity index (χ2n) is 5.47. The van der Waals surface area contributed by atoms with E-state index in [1.807, 2.05) is 23.7 Å². The van der Waals surface area contributed by atoms with E-state index in [0.717, 1.165) is 27.1 Å². The Kier molecular flexibility index (Phi) is 3.50. The first-order valence-electron chi connectivity index (χ1n) is 6.95. The highest BCUT2D eigenvalue weighted by atomic mass is 79.9. The van der Waals surface area contributed by atoms with Crippen LogP contribution >= 0.6 is 15.9 Å². The predicted molar refractivity (Wildman–Crippen MR) is 82.2 cm³/mol. The number of nitrogens with two attached hydrogens (primary N) is 1. The number of rotatable bonds is 4. The molecule has 106 valence electrons. The van der Waals surface area contributed by atoms with Gasteiger partial charge < -0.3 is 5.73 Å². The van der Waals surface area contributed by atoms with Crippen LogP contribution in [0.2, 0.25) is 0 Å². The first-order valence-corrected chi connectivity index (χ1v) is 7.75. The molecule has 1 aliphatic rings. The van der Waals surface area contributed by atoms with E-state index in [4.69, 9.17) is 5.73 Å². The molecule has 1 aromatic heterocycles. The number of hydrogen-bond donors (Lipinski definition) is 1. The monoisotopic (exact) mass is 335 g/mol. The molecule has 1 aromatic carbocycles. The molecule has 20 heavy (non-hydrogen) atoms. The molecule has 2 unspecified atom stereocenters. The van der Waals surface area contributed by atoms with E-state index in [-0.39, 0.29) is 0 Å². The summed E-state index contributed by atoms with van der Waals surface area (Å²) in [6.45, 7) is 4.22. The standard InChI is InChI=1S/C14H18BrN5/c1-3-4-9-5-13(9)20-14(17-18-19-20)11-6-10(15)7-12(16)8(11)2/h6-7,9,13H,3-5,16H2,1-2H3. The number of hydrogen-bond acceptors (Lipinski definition) is 4. The highest BCUT2D eigenvalue weighted by Crippen LogP contribution is 2.47. The zero-order valence-electron chi connectivity index (χ0n) is 11.7. The van der Waals surface area contributed by atoms with Crippen LogP contribution in [0.3, 0.4) is 0 Å². The maximum atomic E-state index is 6.04. The molecule has 3 rings (SSSR count). The Hall–Kier alpha value is -1.43. The molecule has 0 amide bonds. The summed E-state index contributed by atoms with van der Waals surface area (Å²) in [5.41, 5.74) is 8.82. The van der Waals surface area contributed by atoms with Gasteiger partial charge in [-0.15, -0.1) is 5.10 Å². The number of nitrogens with zero attached hydrogens (tertiary/aromatic N) is 4. The lowest BCUT2D eigenvalue weighted by atomic mass is 10.1. The van der Waals surface area contributed by atoms with Crippen molar-refractivity contribution in [3.8, 4) is 11.4 Å². The number of benzene rings is 1. The molecule has 6 heteroatoms. The summed E-state index contributed by atoms with van der Waals surface area (Å²) in [4.78, 5) is 0. The first kappa shape index (κ1) is 13.5. The van der Waals surface area contributed by atoms with Crippen molar-refractivity contribution in [2.75, 3.05) is 5.73 Å². The Labute approximate surface area is 126 Å². The molecule has 0 radical (unpaired) electrons. The second-order valence-corrected chi connectivity index (χ2v) is 6.38. The smallest absolute Gasteiger partial charge is 0.182 e. The van der Waals surface area contributed by atoms with Gasteiger partial charge in [-0.1, -0.05) is 29.3 Å². The second kappa shape index (κ2) is 5.16. The molecule has 0 bridgehead atoms. The summed E-state index contributed by atoms with van der Waals surface area (Å²) in [5, 5.41) is 12.3. The molecule has 0 spiro atoms. The average molecular weight is 336 g/mol. The van der Waals surface area contributed by atoms with Crippen LogP contribution in [-0.4, -0.2) is 20.2 Å². The van der Waals surface area contributed by atoms with Gasteiger partial charge in [-0.2, -0.15) is 0 Å². The number of halogens is 1. The van der Waals surface area contributed by atoms with Gasteiger partial charge in [0, 0.05) is 15.7 Å². The lowest BCUT2D eigenvalue weighted by Crippen LogP contribution is -2.04. The van der Waals surface area contributed by atoms with E-state index in [0.29, 0.717) is 12.0 Å². The van der Waals surface area contributed by atoms with E-state index in [9.17, 15) is 0 Å². The molecule has 2 atom stereocenters. The van der Waals surface area contributed by atoms with Crippen molar-refractivity contribution < 1.29 is 0 Å². The molecule has 1 aliphatic carbocycles. The van der Waals surface area contributed by atoms with E-state index < -0.39 is 0 Å². The fourth-order valence-electron chi connectivity index (χ4n) is 2.74. The normalized spacial score (nSPS) is 21.1. The Morgan fingerprint density at radius 3 is 3.00 bits per heavy atom. The summed E-state index contributed by atoms with van der Waals surface area (Å²) in [6, 6.07) is 4.38. The van der Waals surface area contributed by atoms with Crippen molar-refractivity contribution in [3.05, 3.63) is 22.2 Å². The Morgan fingerprint density at radius 1 is 1.45 bits per heavy atom. The number of aromatic nitrogens is 4. The van der Waals surface area contributed by atoms with Gasteiger partial charge in [0.05, 0.1) is 6.04 Å². The van der Waals surface area contributed by atoms with Gasteiger partial charge in [0.1, 0.15) is 0 Å². The van der Waals surface area contributed by atoms with Crippen LogP contribution < -0.4 is 5.73 Å². The van der Waals surface area contributed by atoms with Gasteiger partial charge in [0.2, 0.25) is 0 Å². The van der Waals surface area contributed by atoms with Crippen molar-refractivity contribution >= 4 is 21.6 Å². The minimum absolute atomic E-state index is 0.444. The topological polar surface area (TPSA) is 69.6 Å². The maximum Gasteiger partial charge on any atom is 0.182 e. The van der Waals surface area contributed by atoms with Gasteiger partial charge in [-0.25, -0.2) is 4.68 Å². The van der Waals surface area contributed by atoms with Crippen molar-refractivity contribution in [3.63, 3.8) is 0 Å². The summed E-state index contributed by atoms with van der Waals surface area (Å²) in [7, 11) is 0.